The third-order valence-electron chi connectivity index (χ3n) is 2.09. The van der Waals surface area contributed by atoms with Crippen molar-refractivity contribution in [3.8, 4) is 0 Å². The Bertz CT molecular complexity index is 268. The molecule has 72 valence electrons. The SMILES string of the molecule is CCCn1cc(NC2COC2)cn1. The first-order chi connectivity index (χ1) is 6.38. The van der Waals surface area contributed by atoms with Crippen LogP contribution in [-0.4, -0.2) is 29.0 Å². The number of aromatic nitrogens is 2. The largest absolute Gasteiger partial charge is 0.377 e. The van der Waals surface area contributed by atoms with Crippen molar-refractivity contribution in [3.63, 3.8) is 0 Å². The van der Waals surface area contributed by atoms with Gasteiger partial charge in [0.05, 0.1) is 31.1 Å². The Morgan fingerprint density at radius 2 is 2.54 bits per heavy atom. The Hall–Kier alpha value is -1.03. The summed E-state index contributed by atoms with van der Waals surface area (Å²) in [7, 11) is 0. The van der Waals surface area contributed by atoms with Gasteiger partial charge in [0.2, 0.25) is 0 Å². The van der Waals surface area contributed by atoms with E-state index in [2.05, 4.69) is 17.3 Å². The molecule has 0 atom stereocenters. The fourth-order valence-electron chi connectivity index (χ4n) is 1.34. The summed E-state index contributed by atoms with van der Waals surface area (Å²) < 4.78 is 7.03. The minimum Gasteiger partial charge on any atom is -0.377 e. The molecule has 0 unspecified atom stereocenters. The highest BCUT2D eigenvalue weighted by Gasteiger charge is 2.17. The molecule has 0 aliphatic carbocycles. The zero-order chi connectivity index (χ0) is 9.10. The van der Waals surface area contributed by atoms with E-state index in [1.54, 1.807) is 0 Å². The average Bonchev–Trinajstić information content (AvgIpc) is 2.46. The van der Waals surface area contributed by atoms with Crippen LogP contribution in [0.5, 0.6) is 0 Å². The molecule has 1 saturated heterocycles. The number of hydrogen-bond donors (Lipinski definition) is 1. The molecule has 2 heterocycles. The lowest BCUT2D eigenvalue weighted by Crippen LogP contribution is -2.40. The van der Waals surface area contributed by atoms with Gasteiger partial charge >= 0.3 is 0 Å². The Morgan fingerprint density at radius 3 is 3.15 bits per heavy atom. The number of nitrogens with zero attached hydrogens (tertiary/aromatic N) is 2. The summed E-state index contributed by atoms with van der Waals surface area (Å²) in [5, 5.41) is 7.58. The number of ether oxygens (including phenoxy) is 1. The predicted molar refractivity (Wildman–Crippen MR) is 50.7 cm³/mol. The summed E-state index contributed by atoms with van der Waals surface area (Å²) in [6, 6.07) is 0.485. The van der Waals surface area contributed by atoms with Crippen LogP contribution in [0.25, 0.3) is 0 Å². The van der Waals surface area contributed by atoms with Crippen molar-refractivity contribution in [2.75, 3.05) is 18.5 Å². The predicted octanol–water partition coefficient (Wildman–Crippen LogP) is 1.10. The summed E-state index contributed by atoms with van der Waals surface area (Å²) in [5.74, 6) is 0. The Balaban J connectivity index is 1.88. The summed E-state index contributed by atoms with van der Waals surface area (Å²) >= 11 is 0. The summed E-state index contributed by atoms with van der Waals surface area (Å²) in [6.07, 6.45) is 5.03. The normalized spacial score (nSPS) is 17.0. The van der Waals surface area contributed by atoms with Crippen molar-refractivity contribution in [3.05, 3.63) is 12.4 Å². The molecule has 4 nitrogen and oxygen atoms in total. The third kappa shape index (κ3) is 2.01. The number of hydrogen-bond acceptors (Lipinski definition) is 3. The van der Waals surface area contributed by atoms with Crippen molar-refractivity contribution < 1.29 is 4.74 Å². The highest BCUT2D eigenvalue weighted by Crippen LogP contribution is 2.11. The lowest BCUT2D eigenvalue weighted by Gasteiger charge is -2.26. The maximum Gasteiger partial charge on any atom is 0.0730 e. The molecule has 0 aromatic carbocycles. The highest BCUT2D eigenvalue weighted by molar-refractivity contribution is 5.39. The van der Waals surface area contributed by atoms with Crippen molar-refractivity contribution >= 4 is 5.69 Å². The van der Waals surface area contributed by atoms with Crippen LogP contribution in [0.3, 0.4) is 0 Å². The van der Waals surface area contributed by atoms with Crippen LogP contribution in [0.15, 0.2) is 12.4 Å². The molecule has 2 rings (SSSR count). The average molecular weight is 181 g/mol. The molecule has 0 spiro atoms. The highest BCUT2D eigenvalue weighted by atomic mass is 16.5. The van der Waals surface area contributed by atoms with Gasteiger partial charge in [-0.1, -0.05) is 6.92 Å². The maximum atomic E-state index is 5.07. The fraction of sp³-hybridized carbons (Fsp3) is 0.667. The van der Waals surface area contributed by atoms with Gasteiger partial charge in [0.25, 0.3) is 0 Å². The van der Waals surface area contributed by atoms with Crippen molar-refractivity contribution in [2.45, 2.75) is 25.9 Å². The molecule has 0 radical (unpaired) electrons. The van der Waals surface area contributed by atoms with Crippen LogP contribution in [0.1, 0.15) is 13.3 Å². The van der Waals surface area contributed by atoms with Gasteiger partial charge in [-0.3, -0.25) is 4.68 Å². The summed E-state index contributed by atoms with van der Waals surface area (Å²) in [4.78, 5) is 0. The van der Waals surface area contributed by atoms with Crippen LogP contribution in [0, 0.1) is 0 Å². The minimum absolute atomic E-state index is 0.485. The summed E-state index contributed by atoms with van der Waals surface area (Å²) in [5.41, 5.74) is 1.10. The van der Waals surface area contributed by atoms with Gasteiger partial charge in [0.15, 0.2) is 0 Å². The van der Waals surface area contributed by atoms with E-state index in [1.165, 1.54) is 0 Å². The second kappa shape index (κ2) is 3.79. The van der Waals surface area contributed by atoms with E-state index in [1.807, 2.05) is 17.1 Å². The molecular formula is C9H15N3O. The van der Waals surface area contributed by atoms with Gasteiger partial charge in [-0.05, 0) is 6.42 Å². The lowest BCUT2D eigenvalue weighted by molar-refractivity contribution is 0.0211. The molecule has 1 aromatic heterocycles. The molecule has 0 bridgehead atoms. The van der Waals surface area contributed by atoms with Gasteiger partial charge in [-0.25, -0.2) is 0 Å². The first-order valence-electron chi connectivity index (χ1n) is 4.75. The van der Waals surface area contributed by atoms with Gasteiger partial charge < -0.3 is 10.1 Å². The van der Waals surface area contributed by atoms with Crippen LogP contribution >= 0.6 is 0 Å². The third-order valence-corrected chi connectivity index (χ3v) is 2.09. The van der Waals surface area contributed by atoms with E-state index in [-0.39, 0.29) is 0 Å². The Labute approximate surface area is 77.9 Å². The number of anilines is 1. The van der Waals surface area contributed by atoms with Crippen molar-refractivity contribution in [2.24, 2.45) is 0 Å². The fourth-order valence-corrected chi connectivity index (χ4v) is 1.34. The number of nitrogens with one attached hydrogen (secondary N) is 1. The molecule has 13 heavy (non-hydrogen) atoms. The van der Waals surface area contributed by atoms with E-state index < -0.39 is 0 Å². The molecule has 1 aromatic rings. The van der Waals surface area contributed by atoms with Crippen molar-refractivity contribution in [1.82, 2.24) is 9.78 Å². The van der Waals surface area contributed by atoms with Crippen LogP contribution in [0.4, 0.5) is 5.69 Å². The quantitative estimate of drug-likeness (QED) is 0.756. The molecule has 1 aliphatic rings. The van der Waals surface area contributed by atoms with Crippen molar-refractivity contribution in [1.29, 1.82) is 0 Å². The smallest absolute Gasteiger partial charge is 0.0730 e. The molecule has 1 aliphatic heterocycles. The molecule has 1 N–H and O–H groups in total. The van der Waals surface area contributed by atoms with E-state index in [0.29, 0.717) is 6.04 Å². The topological polar surface area (TPSA) is 39.1 Å². The van der Waals surface area contributed by atoms with E-state index in [4.69, 9.17) is 4.74 Å². The van der Waals surface area contributed by atoms with Crippen LogP contribution in [-0.2, 0) is 11.3 Å². The zero-order valence-electron chi connectivity index (χ0n) is 7.86. The van der Waals surface area contributed by atoms with E-state index in [0.717, 1.165) is 31.9 Å². The molecular weight excluding hydrogens is 166 g/mol. The molecule has 4 heteroatoms. The molecule has 1 fully saturated rings. The summed E-state index contributed by atoms with van der Waals surface area (Å²) in [6.45, 7) is 4.77. The zero-order valence-corrected chi connectivity index (χ0v) is 7.86. The monoisotopic (exact) mass is 181 g/mol. The first-order valence-corrected chi connectivity index (χ1v) is 4.75. The van der Waals surface area contributed by atoms with Crippen LogP contribution in [0.2, 0.25) is 0 Å². The second-order valence-corrected chi connectivity index (χ2v) is 3.37. The standard InChI is InChI=1S/C9H15N3O/c1-2-3-12-5-8(4-10-12)11-9-6-13-7-9/h4-5,9,11H,2-3,6-7H2,1H3. The maximum absolute atomic E-state index is 5.07. The number of rotatable bonds is 4. The lowest BCUT2D eigenvalue weighted by atomic mass is 10.2. The van der Waals surface area contributed by atoms with Gasteiger partial charge in [0, 0.05) is 12.7 Å². The molecule has 0 amide bonds. The number of aryl methyl sites for hydroxylation is 1. The van der Waals surface area contributed by atoms with Gasteiger partial charge in [-0.15, -0.1) is 0 Å². The Morgan fingerprint density at radius 1 is 1.69 bits per heavy atom. The van der Waals surface area contributed by atoms with Crippen LogP contribution < -0.4 is 5.32 Å². The Kier molecular flexibility index (Phi) is 2.49. The van der Waals surface area contributed by atoms with E-state index >= 15 is 0 Å². The molecule has 0 saturated carbocycles. The van der Waals surface area contributed by atoms with E-state index in [9.17, 15) is 0 Å². The van der Waals surface area contributed by atoms with Gasteiger partial charge in [-0.2, -0.15) is 5.10 Å². The minimum atomic E-state index is 0.485. The first kappa shape index (κ1) is 8.56. The van der Waals surface area contributed by atoms with Gasteiger partial charge in [0.1, 0.15) is 0 Å². The second-order valence-electron chi connectivity index (χ2n) is 3.37.